The molecule has 0 saturated heterocycles. The van der Waals surface area contributed by atoms with E-state index in [2.05, 4.69) is 10.6 Å². The molecule has 0 unspecified atom stereocenters. The molecule has 2 aromatic rings. The Labute approximate surface area is 154 Å². The Bertz CT molecular complexity index is 807. The second-order valence-corrected chi connectivity index (χ2v) is 5.53. The number of ether oxygens (including phenoxy) is 1. The number of carbonyl (C=O) groups excluding carboxylic acids is 2. The van der Waals surface area contributed by atoms with Crippen molar-refractivity contribution in [3.05, 3.63) is 59.7 Å². The second-order valence-electron chi connectivity index (χ2n) is 5.53. The topological polar surface area (TPSA) is 67.4 Å². The number of hydrogen-bond acceptors (Lipinski definition) is 4. The minimum Gasteiger partial charge on any atom is -0.462 e. The number of halogens is 3. The number of alkyl halides is 3. The number of benzene rings is 2. The minimum atomic E-state index is -4.55. The Morgan fingerprint density at radius 1 is 1.00 bits per heavy atom. The lowest BCUT2D eigenvalue weighted by Crippen LogP contribution is -2.19. The van der Waals surface area contributed by atoms with Crippen molar-refractivity contribution in [2.24, 2.45) is 0 Å². The van der Waals surface area contributed by atoms with E-state index >= 15 is 0 Å². The average molecular weight is 380 g/mol. The molecule has 1 amide bonds. The first kappa shape index (κ1) is 20.3. The fourth-order valence-electron chi connectivity index (χ4n) is 2.39. The maximum Gasteiger partial charge on any atom is 0.418 e. The van der Waals surface area contributed by atoms with Crippen molar-refractivity contribution in [2.75, 3.05) is 23.8 Å². The Kier molecular flexibility index (Phi) is 6.81. The predicted molar refractivity (Wildman–Crippen MR) is 95.6 cm³/mol. The third-order valence-electron chi connectivity index (χ3n) is 3.60. The van der Waals surface area contributed by atoms with Crippen molar-refractivity contribution >= 4 is 23.3 Å². The Hall–Kier alpha value is -3.03. The van der Waals surface area contributed by atoms with Crippen LogP contribution in [0.15, 0.2) is 48.5 Å². The van der Waals surface area contributed by atoms with Gasteiger partial charge in [0.1, 0.15) is 0 Å². The number of anilines is 2. The highest BCUT2D eigenvalue weighted by molar-refractivity contribution is 5.96. The van der Waals surface area contributed by atoms with Gasteiger partial charge < -0.3 is 15.4 Å². The van der Waals surface area contributed by atoms with Crippen molar-refractivity contribution in [1.29, 1.82) is 0 Å². The number of para-hydroxylation sites is 2. The summed E-state index contributed by atoms with van der Waals surface area (Å²) in [5, 5.41) is 5.20. The van der Waals surface area contributed by atoms with Gasteiger partial charge in [-0.05, 0) is 31.2 Å². The van der Waals surface area contributed by atoms with Crippen LogP contribution >= 0.6 is 0 Å². The first-order valence-electron chi connectivity index (χ1n) is 8.29. The van der Waals surface area contributed by atoms with Crippen LogP contribution in [-0.4, -0.2) is 25.0 Å². The summed E-state index contributed by atoms with van der Waals surface area (Å²) in [5.74, 6) is -1.07. The number of hydrogen-bond donors (Lipinski definition) is 2. The second kappa shape index (κ2) is 9.07. The highest BCUT2D eigenvalue weighted by atomic mass is 19.4. The van der Waals surface area contributed by atoms with Crippen LogP contribution in [0, 0.1) is 0 Å². The molecule has 0 atom stereocenters. The van der Waals surface area contributed by atoms with E-state index in [4.69, 9.17) is 4.74 Å². The van der Waals surface area contributed by atoms with Gasteiger partial charge in [-0.25, -0.2) is 4.79 Å². The quantitative estimate of drug-likeness (QED) is 0.702. The Balaban J connectivity index is 1.96. The van der Waals surface area contributed by atoms with Crippen LogP contribution in [0.2, 0.25) is 0 Å². The molecule has 0 fully saturated rings. The maximum absolute atomic E-state index is 12.9. The molecule has 0 aromatic heterocycles. The number of nitrogens with one attached hydrogen (secondary N) is 2. The van der Waals surface area contributed by atoms with E-state index in [9.17, 15) is 22.8 Å². The van der Waals surface area contributed by atoms with Gasteiger partial charge in [-0.3, -0.25) is 4.79 Å². The SMILES string of the molecule is CCOC(=O)c1ccccc1NCCC(=O)Nc1ccccc1C(F)(F)F. The molecule has 0 bridgehead atoms. The summed E-state index contributed by atoms with van der Waals surface area (Å²) >= 11 is 0. The molecule has 0 radical (unpaired) electrons. The summed E-state index contributed by atoms with van der Waals surface area (Å²) in [5.41, 5.74) is -0.387. The Morgan fingerprint density at radius 2 is 1.63 bits per heavy atom. The standard InChI is InChI=1S/C19H19F3N2O3/c1-2-27-18(26)13-7-3-5-9-15(13)23-12-11-17(25)24-16-10-6-4-8-14(16)19(20,21)22/h3-10,23H,2,11-12H2,1H3,(H,24,25). The van der Waals surface area contributed by atoms with Crippen molar-refractivity contribution in [3.8, 4) is 0 Å². The fraction of sp³-hybridized carbons (Fsp3) is 0.263. The zero-order valence-electron chi connectivity index (χ0n) is 14.6. The largest absolute Gasteiger partial charge is 0.462 e. The van der Waals surface area contributed by atoms with E-state index in [1.165, 1.54) is 18.2 Å². The molecular weight excluding hydrogens is 361 g/mol. The van der Waals surface area contributed by atoms with E-state index in [0.29, 0.717) is 11.3 Å². The van der Waals surface area contributed by atoms with E-state index in [-0.39, 0.29) is 25.3 Å². The maximum atomic E-state index is 12.9. The third-order valence-corrected chi connectivity index (χ3v) is 3.60. The summed E-state index contributed by atoms with van der Waals surface area (Å²) in [6, 6.07) is 11.4. The lowest BCUT2D eigenvalue weighted by Gasteiger charge is -2.14. The molecular formula is C19H19F3N2O3. The van der Waals surface area contributed by atoms with Crippen LogP contribution in [0.3, 0.4) is 0 Å². The van der Waals surface area contributed by atoms with E-state index in [0.717, 1.165) is 6.07 Å². The van der Waals surface area contributed by atoms with Crippen molar-refractivity contribution < 1.29 is 27.5 Å². The van der Waals surface area contributed by atoms with E-state index < -0.39 is 23.6 Å². The summed E-state index contributed by atoms with van der Waals surface area (Å²) in [6.07, 6.45) is -4.63. The van der Waals surface area contributed by atoms with Crippen LogP contribution in [0.5, 0.6) is 0 Å². The molecule has 0 heterocycles. The van der Waals surface area contributed by atoms with Gasteiger partial charge in [0.25, 0.3) is 0 Å². The summed E-state index contributed by atoms with van der Waals surface area (Å²) in [4.78, 5) is 23.9. The zero-order valence-corrected chi connectivity index (χ0v) is 14.6. The van der Waals surface area contributed by atoms with Gasteiger partial charge in [0.05, 0.1) is 23.4 Å². The molecule has 2 aromatic carbocycles. The molecule has 0 aliphatic heterocycles. The normalized spacial score (nSPS) is 11.0. The molecule has 5 nitrogen and oxygen atoms in total. The molecule has 27 heavy (non-hydrogen) atoms. The van der Waals surface area contributed by atoms with Gasteiger partial charge in [-0.2, -0.15) is 13.2 Å². The van der Waals surface area contributed by atoms with Gasteiger partial charge in [0.15, 0.2) is 0 Å². The molecule has 2 rings (SSSR count). The van der Waals surface area contributed by atoms with Gasteiger partial charge in [0.2, 0.25) is 5.91 Å². The molecule has 0 spiro atoms. The van der Waals surface area contributed by atoms with Gasteiger partial charge in [-0.15, -0.1) is 0 Å². The fourth-order valence-corrected chi connectivity index (χ4v) is 2.39. The van der Waals surface area contributed by atoms with Crippen molar-refractivity contribution in [2.45, 2.75) is 19.5 Å². The summed E-state index contributed by atoms with van der Waals surface area (Å²) < 4.78 is 43.8. The zero-order chi connectivity index (χ0) is 19.9. The van der Waals surface area contributed by atoms with E-state index in [1.54, 1.807) is 31.2 Å². The highest BCUT2D eigenvalue weighted by Crippen LogP contribution is 2.34. The van der Waals surface area contributed by atoms with E-state index in [1.807, 2.05) is 0 Å². The van der Waals surface area contributed by atoms with Crippen LogP contribution in [0.25, 0.3) is 0 Å². The highest BCUT2D eigenvalue weighted by Gasteiger charge is 2.33. The third kappa shape index (κ3) is 5.73. The van der Waals surface area contributed by atoms with Crippen LogP contribution < -0.4 is 10.6 Å². The van der Waals surface area contributed by atoms with Gasteiger partial charge in [0, 0.05) is 18.7 Å². The lowest BCUT2D eigenvalue weighted by atomic mass is 10.1. The average Bonchev–Trinajstić information content (AvgIpc) is 2.62. The number of amides is 1. The van der Waals surface area contributed by atoms with Crippen molar-refractivity contribution in [1.82, 2.24) is 0 Å². The minimum absolute atomic E-state index is 0.0800. The predicted octanol–water partition coefficient (Wildman–Crippen LogP) is 4.32. The molecule has 2 N–H and O–H groups in total. The first-order chi connectivity index (χ1) is 12.8. The summed E-state index contributed by atoms with van der Waals surface area (Å²) in [6.45, 7) is 2.06. The molecule has 0 aliphatic carbocycles. The number of esters is 1. The smallest absolute Gasteiger partial charge is 0.418 e. The Morgan fingerprint density at radius 3 is 2.30 bits per heavy atom. The summed E-state index contributed by atoms with van der Waals surface area (Å²) in [7, 11) is 0. The number of rotatable bonds is 7. The van der Waals surface area contributed by atoms with Gasteiger partial charge in [-0.1, -0.05) is 24.3 Å². The van der Waals surface area contributed by atoms with Crippen LogP contribution in [0.1, 0.15) is 29.3 Å². The molecule has 0 saturated carbocycles. The van der Waals surface area contributed by atoms with Crippen LogP contribution in [-0.2, 0) is 15.7 Å². The van der Waals surface area contributed by atoms with Crippen molar-refractivity contribution in [3.63, 3.8) is 0 Å². The molecule has 0 aliphatic rings. The lowest BCUT2D eigenvalue weighted by molar-refractivity contribution is -0.137. The van der Waals surface area contributed by atoms with Gasteiger partial charge >= 0.3 is 12.1 Å². The first-order valence-corrected chi connectivity index (χ1v) is 8.29. The number of carbonyl (C=O) groups is 2. The van der Waals surface area contributed by atoms with Crippen LogP contribution in [0.4, 0.5) is 24.5 Å². The molecule has 8 heteroatoms. The molecule has 144 valence electrons. The monoisotopic (exact) mass is 380 g/mol.